The highest BCUT2D eigenvalue weighted by atomic mass is 16.1. The lowest BCUT2D eigenvalue weighted by Gasteiger charge is -2.36. The Morgan fingerprint density at radius 2 is 2.17 bits per heavy atom. The lowest BCUT2D eigenvalue weighted by Crippen LogP contribution is -2.43. The molecule has 0 aromatic carbocycles. The van der Waals surface area contributed by atoms with Crippen LogP contribution in [-0.4, -0.2) is 17.4 Å². The lowest BCUT2D eigenvalue weighted by molar-refractivity contribution is -0.128. The summed E-state index contributed by atoms with van der Waals surface area (Å²) in [5.74, 6) is 0.671. The maximum atomic E-state index is 10.8. The number of carbonyl (C=O) groups excluding carboxylic acids is 2. The third-order valence-electron chi connectivity index (χ3n) is 2.12. The van der Waals surface area contributed by atoms with E-state index >= 15 is 0 Å². The van der Waals surface area contributed by atoms with Gasteiger partial charge in [-0.2, -0.15) is 4.99 Å². The van der Waals surface area contributed by atoms with Crippen molar-refractivity contribution >= 4 is 11.9 Å². The first kappa shape index (κ1) is 9.14. The molecular weight excluding hydrogens is 154 g/mol. The Bertz CT molecular complexity index is 231. The molecule has 0 aromatic rings. The quantitative estimate of drug-likeness (QED) is 0.472. The molecule has 1 rings (SSSR count). The second kappa shape index (κ2) is 3.20. The molecule has 0 radical (unpaired) electrons. The first-order chi connectivity index (χ1) is 5.58. The molecule has 12 heavy (non-hydrogen) atoms. The molecule has 0 saturated heterocycles. The molecule has 1 saturated carbocycles. The van der Waals surface area contributed by atoms with Crippen molar-refractivity contribution in [2.24, 2.45) is 10.9 Å². The zero-order valence-electron chi connectivity index (χ0n) is 7.46. The normalized spacial score (nSPS) is 20.1. The summed E-state index contributed by atoms with van der Waals surface area (Å²) < 4.78 is 0. The first-order valence-corrected chi connectivity index (χ1v) is 4.19. The average Bonchev–Trinajstić information content (AvgIpc) is 1.83. The fraction of sp³-hybridized carbons (Fsp3) is 0.778. The molecule has 0 heterocycles. The van der Waals surface area contributed by atoms with Gasteiger partial charge in [0.1, 0.15) is 5.78 Å². The van der Waals surface area contributed by atoms with Crippen LogP contribution in [0.15, 0.2) is 4.99 Å². The number of carbonyl (C=O) groups is 1. The molecule has 0 bridgehead atoms. The van der Waals surface area contributed by atoms with Gasteiger partial charge in [0.2, 0.25) is 6.08 Å². The SMILES string of the molecule is CC(C)CC1(N=C=O)CC(=O)C1. The second-order valence-corrected chi connectivity index (χ2v) is 3.92. The summed E-state index contributed by atoms with van der Waals surface area (Å²) in [5, 5.41) is 0. The van der Waals surface area contributed by atoms with Crippen molar-refractivity contribution < 1.29 is 9.59 Å². The topological polar surface area (TPSA) is 46.5 Å². The van der Waals surface area contributed by atoms with E-state index in [0.29, 0.717) is 18.8 Å². The molecule has 0 spiro atoms. The van der Waals surface area contributed by atoms with E-state index in [9.17, 15) is 9.59 Å². The molecule has 0 N–H and O–H groups in total. The molecule has 3 nitrogen and oxygen atoms in total. The third-order valence-corrected chi connectivity index (χ3v) is 2.12. The van der Waals surface area contributed by atoms with E-state index in [-0.39, 0.29) is 11.3 Å². The molecule has 0 atom stereocenters. The van der Waals surface area contributed by atoms with E-state index in [1.54, 1.807) is 6.08 Å². The van der Waals surface area contributed by atoms with E-state index in [1.165, 1.54) is 0 Å². The number of aliphatic imine (C=N–C) groups is 1. The number of hydrogen-bond acceptors (Lipinski definition) is 3. The number of Topliss-reactive ketones (excluding diaryl/α,β-unsaturated/α-hetero) is 1. The van der Waals surface area contributed by atoms with E-state index in [4.69, 9.17) is 0 Å². The van der Waals surface area contributed by atoms with Crippen molar-refractivity contribution in [1.82, 2.24) is 0 Å². The molecule has 0 unspecified atom stereocenters. The molecule has 0 amide bonds. The summed E-state index contributed by atoms with van der Waals surface area (Å²) in [6.07, 6.45) is 3.23. The van der Waals surface area contributed by atoms with Crippen molar-refractivity contribution in [2.75, 3.05) is 0 Å². The first-order valence-electron chi connectivity index (χ1n) is 4.19. The Balaban J connectivity index is 2.62. The molecule has 1 aliphatic rings. The van der Waals surface area contributed by atoms with Crippen LogP contribution in [0.1, 0.15) is 33.1 Å². The zero-order chi connectivity index (χ0) is 9.19. The van der Waals surface area contributed by atoms with Crippen LogP contribution in [0.25, 0.3) is 0 Å². The molecule has 66 valence electrons. The summed E-state index contributed by atoms with van der Waals surface area (Å²) in [6, 6.07) is 0. The summed E-state index contributed by atoms with van der Waals surface area (Å²) in [7, 11) is 0. The smallest absolute Gasteiger partial charge is 0.235 e. The molecule has 0 aromatic heterocycles. The minimum atomic E-state index is -0.382. The van der Waals surface area contributed by atoms with Crippen molar-refractivity contribution in [3.8, 4) is 0 Å². The zero-order valence-corrected chi connectivity index (χ0v) is 7.46. The van der Waals surface area contributed by atoms with Gasteiger partial charge in [0.15, 0.2) is 0 Å². The van der Waals surface area contributed by atoms with Gasteiger partial charge in [-0.25, -0.2) is 4.79 Å². The predicted octanol–water partition coefficient (Wildman–Crippen LogP) is 1.47. The molecular formula is C9H13NO2. The number of nitrogens with zero attached hydrogens (tertiary/aromatic N) is 1. The van der Waals surface area contributed by atoms with Crippen LogP contribution < -0.4 is 0 Å². The van der Waals surface area contributed by atoms with Gasteiger partial charge >= 0.3 is 0 Å². The van der Waals surface area contributed by atoms with Crippen molar-refractivity contribution in [3.05, 3.63) is 0 Å². The van der Waals surface area contributed by atoms with Crippen LogP contribution in [0.2, 0.25) is 0 Å². The van der Waals surface area contributed by atoms with E-state index in [1.807, 2.05) is 0 Å². The van der Waals surface area contributed by atoms with Gasteiger partial charge in [-0.05, 0) is 12.3 Å². The summed E-state index contributed by atoms with van der Waals surface area (Å²) in [6.45, 7) is 4.12. The number of ketones is 1. The Hall–Kier alpha value is -0.950. The van der Waals surface area contributed by atoms with Crippen LogP contribution >= 0.6 is 0 Å². The molecule has 0 aliphatic heterocycles. The number of isocyanates is 1. The van der Waals surface area contributed by atoms with Crippen molar-refractivity contribution in [1.29, 1.82) is 0 Å². The largest absolute Gasteiger partial charge is 0.300 e. The highest BCUT2D eigenvalue weighted by Crippen LogP contribution is 2.37. The molecule has 3 heteroatoms. The van der Waals surface area contributed by atoms with Gasteiger partial charge in [0, 0.05) is 12.8 Å². The van der Waals surface area contributed by atoms with E-state index < -0.39 is 0 Å². The Kier molecular flexibility index (Phi) is 2.43. The Labute approximate surface area is 71.9 Å². The predicted molar refractivity (Wildman–Crippen MR) is 44.5 cm³/mol. The highest BCUT2D eigenvalue weighted by Gasteiger charge is 2.43. The van der Waals surface area contributed by atoms with Gasteiger partial charge in [0.25, 0.3) is 0 Å². The minimum Gasteiger partial charge on any atom is -0.300 e. The fourth-order valence-corrected chi connectivity index (χ4v) is 1.81. The van der Waals surface area contributed by atoms with Crippen LogP contribution in [-0.2, 0) is 9.59 Å². The van der Waals surface area contributed by atoms with Gasteiger partial charge < -0.3 is 0 Å². The van der Waals surface area contributed by atoms with E-state index in [0.717, 1.165) is 6.42 Å². The summed E-state index contributed by atoms with van der Waals surface area (Å²) in [5.41, 5.74) is -0.382. The van der Waals surface area contributed by atoms with Gasteiger partial charge in [-0.1, -0.05) is 13.8 Å². The fourth-order valence-electron chi connectivity index (χ4n) is 1.81. The standard InChI is InChI=1S/C9H13NO2/c1-7(2)3-9(10-6-11)4-8(12)5-9/h7H,3-5H2,1-2H3. The van der Waals surface area contributed by atoms with Crippen LogP contribution in [0.5, 0.6) is 0 Å². The molecule has 1 aliphatic carbocycles. The van der Waals surface area contributed by atoms with E-state index in [2.05, 4.69) is 18.8 Å². The maximum Gasteiger partial charge on any atom is 0.235 e. The lowest BCUT2D eigenvalue weighted by atomic mass is 9.71. The Morgan fingerprint density at radius 3 is 2.50 bits per heavy atom. The average molecular weight is 167 g/mol. The Morgan fingerprint density at radius 1 is 1.58 bits per heavy atom. The second-order valence-electron chi connectivity index (χ2n) is 3.92. The van der Waals surface area contributed by atoms with Crippen molar-refractivity contribution in [3.63, 3.8) is 0 Å². The van der Waals surface area contributed by atoms with Crippen LogP contribution in [0.4, 0.5) is 0 Å². The molecule has 1 fully saturated rings. The monoisotopic (exact) mass is 167 g/mol. The van der Waals surface area contributed by atoms with Gasteiger partial charge in [0.05, 0.1) is 5.54 Å². The van der Waals surface area contributed by atoms with Gasteiger partial charge in [-0.15, -0.1) is 0 Å². The van der Waals surface area contributed by atoms with Crippen molar-refractivity contribution in [2.45, 2.75) is 38.6 Å². The van der Waals surface area contributed by atoms with Gasteiger partial charge in [-0.3, -0.25) is 4.79 Å². The summed E-state index contributed by atoms with van der Waals surface area (Å²) in [4.78, 5) is 24.6. The maximum absolute atomic E-state index is 10.8. The number of rotatable bonds is 3. The summed E-state index contributed by atoms with van der Waals surface area (Å²) >= 11 is 0. The van der Waals surface area contributed by atoms with Crippen LogP contribution in [0, 0.1) is 5.92 Å². The minimum absolute atomic E-state index is 0.203. The van der Waals surface area contributed by atoms with Crippen LogP contribution in [0.3, 0.4) is 0 Å². The third kappa shape index (κ3) is 1.80. The highest BCUT2D eigenvalue weighted by molar-refractivity contribution is 5.88. The number of hydrogen-bond donors (Lipinski definition) is 0.